The zero-order valence-electron chi connectivity index (χ0n) is 11.8. The molecule has 2 aliphatic heterocycles. The van der Waals surface area contributed by atoms with Gasteiger partial charge in [0, 0.05) is 31.2 Å². The van der Waals surface area contributed by atoms with Crippen molar-refractivity contribution in [2.75, 3.05) is 26.2 Å². The number of aryl methyl sites for hydroxylation is 1. The number of carbonyl (C=O) groups is 1. The maximum Gasteiger partial charge on any atom is 0.289 e. The Balaban J connectivity index is 1.72. The quantitative estimate of drug-likeness (QED) is 0.778. The van der Waals surface area contributed by atoms with Gasteiger partial charge in [-0.3, -0.25) is 9.69 Å². The minimum atomic E-state index is 0.0656. The van der Waals surface area contributed by atoms with E-state index in [2.05, 4.69) is 4.90 Å². The molecule has 0 radical (unpaired) electrons. The predicted octanol–water partition coefficient (Wildman–Crippen LogP) is 2.21. The van der Waals surface area contributed by atoms with Gasteiger partial charge in [0.15, 0.2) is 5.76 Å². The van der Waals surface area contributed by atoms with E-state index in [4.69, 9.17) is 4.42 Å². The molecule has 4 nitrogen and oxygen atoms in total. The molecule has 19 heavy (non-hydrogen) atoms. The summed E-state index contributed by atoms with van der Waals surface area (Å²) >= 11 is 0. The molecule has 2 fully saturated rings. The Kier molecular flexibility index (Phi) is 3.35. The van der Waals surface area contributed by atoms with E-state index in [1.54, 1.807) is 6.26 Å². The molecule has 0 saturated carbocycles. The van der Waals surface area contributed by atoms with Crippen molar-refractivity contribution in [2.24, 2.45) is 0 Å². The highest BCUT2D eigenvalue weighted by Gasteiger charge is 2.32. The molecule has 0 bridgehead atoms. The summed E-state index contributed by atoms with van der Waals surface area (Å²) in [7, 11) is 0. The zero-order chi connectivity index (χ0) is 13.4. The molecule has 0 spiro atoms. The Labute approximate surface area is 114 Å². The summed E-state index contributed by atoms with van der Waals surface area (Å²) < 4.78 is 5.44. The molecule has 4 heteroatoms. The second-order valence-electron chi connectivity index (χ2n) is 5.81. The molecule has 104 valence electrons. The van der Waals surface area contributed by atoms with Crippen LogP contribution in [0.4, 0.5) is 0 Å². The van der Waals surface area contributed by atoms with Crippen LogP contribution >= 0.6 is 0 Å². The van der Waals surface area contributed by atoms with Crippen molar-refractivity contribution in [1.29, 1.82) is 0 Å². The van der Waals surface area contributed by atoms with Crippen molar-refractivity contribution in [3.8, 4) is 0 Å². The first-order valence-electron chi connectivity index (χ1n) is 7.25. The highest BCUT2D eigenvalue weighted by molar-refractivity contribution is 5.93. The first-order chi connectivity index (χ1) is 9.16. The summed E-state index contributed by atoms with van der Waals surface area (Å²) in [4.78, 5) is 17.0. The standard InChI is InChI=1S/C15H22N2O2/c1-11-10-19-14(12(11)2)15(18)17-8-7-16-6-4-3-5-13(16)9-17/h10,13H,3-9H2,1-2H3. The van der Waals surface area contributed by atoms with Crippen molar-refractivity contribution >= 4 is 5.91 Å². The van der Waals surface area contributed by atoms with Crippen LogP contribution in [0.2, 0.25) is 0 Å². The van der Waals surface area contributed by atoms with E-state index in [-0.39, 0.29) is 5.91 Å². The fraction of sp³-hybridized carbons (Fsp3) is 0.667. The first kappa shape index (κ1) is 12.7. The number of rotatable bonds is 1. The highest BCUT2D eigenvalue weighted by Crippen LogP contribution is 2.23. The minimum absolute atomic E-state index is 0.0656. The third kappa shape index (κ3) is 2.29. The fourth-order valence-electron chi connectivity index (χ4n) is 3.20. The third-order valence-electron chi connectivity index (χ3n) is 4.60. The fourth-order valence-corrected chi connectivity index (χ4v) is 3.20. The van der Waals surface area contributed by atoms with Crippen molar-refractivity contribution < 1.29 is 9.21 Å². The molecule has 0 aliphatic carbocycles. The minimum Gasteiger partial charge on any atom is -0.459 e. The molecule has 1 aromatic rings. The van der Waals surface area contributed by atoms with Crippen LogP contribution in [0.25, 0.3) is 0 Å². The molecule has 0 aromatic carbocycles. The molecule has 1 amide bonds. The van der Waals surface area contributed by atoms with Crippen molar-refractivity contribution in [3.63, 3.8) is 0 Å². The summed E-state index contributed by atoms with van der Waals surface area (Å²) in [5, 5.41) is 0. The van der Waals surface area contributed by atoms with Gasteiger partial charge >= 0.3 is 0 Å². The van der Waals surface area contributed by atoms with Crippen LogP contribution in [0.5, 0.6) is 0 Å². The van der Waals surface area contributed by atoms with Crippen LogP contribution in [-0.4, -0.2) is 47.9 Å². The number of nitrogens with zero attached hydrogens (tertiary/aromatic N) is 2. The maximum absolute atomic E-state index is 12.5. The van der Waals surface area contributed by atoms with E-state index in [1.165, 1.54) is 25.8 Å². The van der Waals surface area contributed by atoms with E-state index in [0.29, 0.717) is 11.8 Å². The summed E-state index contributed by atoms with van der Waals surface area (Å²) in [6.07, 6.45) is 5.50. The maximum atomic E-state index is 12.5. The second kappa shape index (κ2) is 5.00. The molecule has 2 aliphatic rings. The topological polar surface area (TPSA) is 36.7 Å². The summed E-state index contributed by atoms with van der Waals surface area (Å²) in [5.41, 5.74) is 2.04. The molecule has 0 N–H and O–H groups in total. The van der Waals surface area contributed by atoms with E-state index >= 15 is 0 Å². The molecule has 3 rings (SSSR count). The molecular weight excluding hydrogens is 240 g/mol. The van der Waals surface area contributed by atoms with Gasteiger partial charge < -0.3 is 9.32 Å². The smallest absolute Gasteiger partial charge is 0.289 e. The number of amides is 1. The van der Waals surface area contributed by atoms with Crippen molar-refractivity contribution in [3.05, 3.63) is 23.2 Å². The van der Waals surface area contributed by atoms with Gasteiger partial charge in [-0.25, -0.2) is 0 Å². The van der Waals surface area contributed by atoms with Crippen LogP contribution < -0.4 is 0 Å². The van der Waals surface area contributed by atoms with Crippen LogP contribution in [0.1, 0.15) is 40.9 Å². The number of fused-ring (bicyclic) bond motifs is 1. The largest absolute Gasteiger partial charge is 0.459 e. The number of carbonyl (C=O) groups excluding carboxylic acids is 1. The lowest BCUT2D eigenvalue weighted by atomic mass is 9.99. The van der Waals surface area contributed by atoms with Crippen molar-refractivity contribution in [2.45, 2.75) is 39.2 Å². The van der Waals surface area contributed by atoms with Crippen LogP contribution in [-0.2, 0) is 0 Å². The SMILES string of the molecule is Cc1coc(C(=O)N2CCN3CCCCC3C2)c1C. The molecule has 2 saturated heterocycles. The Hall–Kier alpha value is -1.29. The van der Waals surface area contributed by atoms with Crippen LogP contribution in [0.15, 0.2) is 10.7 Å². The lowest BCUT2D eigenvalue weighted by Crippen LogP contribution is -2.56. The molecule has 1 aromatic heterocycles. The number of piperazine rings is 1. The van der Waals surface area contributed by atoms with Gasteiger partial charge in [0.2, 0.25) is 0 Å². The number of hydrogen-bond donors (Lipinski definition) is 0. The Morgan fingerprint density at radius 2 is 2.11 bits per heavy atom. The van der Waals surface area contributed by atoms with Gasteiger partial charge in [-0.2, -0.15) is 0 Å². The van der Waals surface area contributed by atoms with E-state index in [1.807, 2.05) is 18.7 Å². The molecular formula is C15H22N2O2. The molecule has 1 atom stereocenters. The summed E-state index contributed by atoms with van der Waals surface area (Å²) in [6.45, 7) is 7.84. The van der Waals surface area contributed by atoms with Gasteiger partial charge in [0.1, 0.15) is 0 Å². The predicted molar refractivity (Wildman–Crippen MR) is 73.3 cm³/mol. The molecule has 1 unspecified atom stereocenters. The van der Waals surface area contributed by atoms with E-state index < -0.39 is 0 Å². The Morgan fingerprint density at radius 1 is 1.26 bits per heavy atom. The summed E-state index contributed by atoms with van der Waals surface area (Å²) in [6, 6.07) is 0.558. The van der Waals surface area contributed by atoms with Gasteiger partial charge in [0.25, 0.3) is 5.91 Å². The van der Waals surface area contributed by atoms with Gasteiger partial charge in [-0.1, -0.05) is 6.42 Å². The summed E-state index contributed by atoms with van der Waals surface area (Å²) in [5.74, 6) is 0.595. The van der Waals surface area contributed by atoms with Gasteiger partial charge in [-0.15, -0.1) is 0 Å². The van der Waals surface area contributed by atoms with Crippen LogP contribution in [0.3, 0.4) is 0 Å². The normalized spacial score (nSPS) is 24.3. The molecule has 3 heterocycles. The average Bonchev–Trinajstić information content (AvgIpc) is 2.78. The number of furan rings is 1. The first-order valence-corrected chi connectivity index (χ1v) is 7.25. The highest BCUT2D eigenvalue weighted by atomic mass is 16.3. The zero-order valence-corrected chi connectivity index (χ0v) is 11.8. The van der Waals surface area contributed by atoms with Gasteiger partial charge in [0.05, 0.1) is 6.26 Å². The second-order valence-corrected chi connectivity index (χ2v) is 5.81. The third-order valence-corrected chi connectivity index (χ3v) is 4.60. The average molecular weight is 262 g/mol. The van der Waals surface area contributed by atoms with Gasteiger partial charge in [-0.05, 0) is 38.8 Å². The Morgan fingerprint density at radius 3 is 2.84 bits per heavy atom. The monoisotopic (exact) mass is 262 g/mol. The van der Waals surface area contributed by atoms with Crippen LogP contribution in [0, 0.1) is 13.8 Å². The van der Waals surface area contributed by atoms with E-state index in [9.17, 15) is 4.79 Å². The number of hydrogen-bond acceptors (Lipinski definition) is 3. The van der Waals surface area contributed by atoms with Crippen molar-refractivity contribution in [1.82, 2.24) is 9.80 Å². The number of piperidine rings is 1. The van der Waals surface area contributed by atoms with E-state index in [0.717, 1.165) is 30.8 Å². The lowest BCUT2D eigenvalue weighted by Gasteiger charge is -2.43. The lowest BCUT2D eigenvalue weighted by molar-refractivity contribution is 0.0349. The Bertz CT molecular complexity index is 480.